The second-order valence-corrected chi connectivity index (χ2v) is 6.01. The predicted molar refractivity (Wildman–Crippen MR) is 88.8 cm³/mol. The molecular weight excluding hydrogens is 360 g/mol. The Morgan fingerprint density at radius 3 is 2.78 bits per heavy atom. The molecule has 0 radical (unpaired) electrons. The van der Waals surface area contributed by atoms with Crippen LogP contribution in [0.1, 0.15) is 16.6 Å². The number of amides is 1. The van der Waals surface area contributed by atoms with Gasteiger partial charge in [0.05, 0.1) is 24.7 Å². The summed E-state index contributed by atoms with van der Waals surface area (Å²) in [7, 11) is 0. The highest BCUT2D eigenvalue weighted by Crippen LogP contribution is 2.32. The fourth-order valence-corrected chi connectivity index (χ4v) is 2.99. The third kappa shape index (κ3) is 2.60. The van der Waals surface area contributed by atoms with Crippen molar-refractivity contribution >= 4 is 22.9 Å². The van der Waals surface area contributed by atoms with Crippen LogP contribution >= 0.6 is 0 Å². The normalized spacial score (nSPS) is 25.3. The molecule has 4 rings (SSSR count). The van der Waals surface area contributed by atoms with Crippen molar-refractivity contribution in [3.05, 3.63) is 18.1 Å². The maximum atomic E-state index is 11.5. The summed E-state index contributed by atoms with van der Waals surface area (Å²) in [6.45, 7) is -0.472. The quantitative estimate of drug-likeness (QED) is 0.282. The zero-order valence-electron chi connectivity index (χ0n) is 13.7. The first kappa shape index (κ1) is 17.3. The Morgan fingerprint density at radius 2 is 2.11 bits per heavy atom. The second kappa shape index (κ2) is 6.24. The van der Waals surface area contributed by atoms with E-state index >= 15 is 0 Å². The average molecular weight is 376 g/mol. The molecule has 1 saturated heterocycles. The lowest BCUT2D eigenvalue weighted by atomic mass is 10.1. The van der Waals surface area contributed by atoms with Gasteiger partial charge in [0.2, 0.25) is 0 Å². The highest BCUT2D eigenvalue weighted by Gasteiger charge is 2.44. The van der Waals surface area contributed by atoms with E-state index in [0.717, 1.165) is 0 Å². The number of nitrogens with zero attached hydrogens (tertiary/aromatic N) is 5. The minimum Gasteiger partial charge on any atom is -0.394 e. The van der Waals surface area contributed by atoms with Gasteiger partial charge >= 0.3 is 0 Å². The number of nitrogens with two attached hydrogens (primary N) is 2. The van der Waals surface area contributed by atoms with Gasteiger partial charge in [0.25, 0.3) is 5.91 Å². The van der Waals surface area contributed by atoms with Crippen LogP contribution in [0.5, 0.6) is 0 Å². The fraction of sp³-hybridized carbons (Fsp3) is 0.357. The van der Waals surface area contributed by atoms with E-state index < -0.39 is 37.1 Å². The molecule has 1 aliphatic rings. The Kier molecular flexibility index (Phi) is 4.00. The summed E-state index contributed by atoms with van der Waals surface area (Å²) in [5.41, 5.74) is 11.9. The molecule has 1 amide bonds. The van der Waals surface area contributed by atoms with Gasteiger partial charge in [-0.1, -0.05) is 0 Å². The smallest absolute Gasteiger partial charge is 0.252 e. The van der Waals surface area contributed by atoms with Gasteiger partial charge in [0, 0.05) is 0 Å². The van der Waals surface area contributed by atoms with Crippen LogP contribution in [0.4, 0.5) is 5.82 Å². The van der Waals surface area contributed by atoms with E-state index in [9.17, 15) is 20.1 Å². The molecule has 3 aromatic heterocycles. The van der Waals surface area contributed by atoms with Gasteiger partial charge in [0.15, 0.2) is 23.5 Å². The number of anilines is 1. The number of fused-ring (bicyclic) bond motifs is 1. The molecule has 3 aromatic rings. The molecular formula is C14H16N8O5. The van der Waals surface area contributed by atoms with Gasteiger partial charge < -0.3 is 31.5 Å². The molecule has 0 spiro atoms. The van der Waals surface area contributed by atoms with E-state index in [1.165, 1.54) is 17.1 Å². The van der Waals surface area contributed by atoms with E-state index in [2.05, 4.69) is 25.1 Å². The lowest BCUT2D eigenvalue weighted by molar-refractivity contribution is -0.0511. The van der Waals surface area contributed by atoms with E-state index in [0.29, 0.717) is 0 Å². The molecule has 142 valence electrons. The van der Waals surface area contributed by atoms with E-state index in [1.54, 1.807) is 0 Å². The topological polar surface area (TPSA) is 211 Å². The van der Waals surface area contributed by atoms with Crippen molar-refractivity contribution in [2.45, 2.75) is 24.5 Å². The summed E-state index contributed by atoms with van der Waals surface area (Å²) < 4.78 is 6.86. The SMILES string of the molecule is NC(=O)c1cn[nH]c1-c1nc(N)c2ncn([C@@H]3O[C@H](CO)[C@@H](O)[C@H]3O)c2n1. The molecule has 13 heteroatoms. The molecule has 4 atom stereocenters. The van der Waals surface area contributed by atoms with Crippen LogP contribution in [0.25, 0.3) is 22.7 Å². The number of H-pyrrole nitrogens is 1. The number of aromatic amines is 1. The molecule has 0 aromatic carbocycles. The summed E-state index contributed by atoms with van der Waals surface area (Å²) in [6.07, 6.45) is -2.07. The van der Waals surface area contributed by atoms with Crippen molar-refractivity contribution in [3.8, 4) is 11.5 Å². The summed E-state index contributed by atoms with van der Waals surface area (Å²) >= 11 is 0. The van der Waals surface area contributed by atoms with E-state index in [1.807, 2.05) is 0 Å². The Balaban J connectivity index is 1.84. The number of carbonyl (C=O) groups excluding carboxylic acids is 1. The summed E-state index contributed by atoms with van der Waals surface area (Å²) in [4.78, 5) is 24.1. The van der Waals surface area contributed by atoms with Gasteiger partial charge in [-0.2, -0.15) is 5.10 Å². The summed E-state index contributed by atoms with van der Waals surface area (Å²) in [6, 6.07) is 0. The molecule has 0 unspecified atom stereocenters. The lowest BCUT2D eigenvalue weighted by Gasteiger charge is -2.16. The van der Waals surface area contributed by atoms with Crippen LogP contribution in [0, 0.1) is 0 Å². The number of aliphatic hydroxyl groups excluding tert-OH is 3. The molecule has 4 heterocycles. The van der Waals surface area contributed by atoms with Gasteiger partial charge in [-0.3, -0.25) is 14.5 Å². The first-order valence-corrected chi connectivity index (χ1v) is 7.88. The van der Waals surface area contributed by atoms with Crippen molar-refractivity contribution < 1.29 is 24.9 Å². The standard InChI is InChI=1S/C14H16N8O5/c15-10-7-13(20-12(19-10)6-4(11(16)26)1-18-21-6)22(3-17-7)14-9(25)8(24)5(2-23)27-14/h1,3,5,8-9,14,23-25H,2H2,(H2,16,26)(H,18,21)(H2,15,19,20)/t5-,8-,9-,14-/m1/s1. The van der Waals surface area contributed by atoms with Gasteiger partial charge in [-0.05, 0) is 0 Å². The van der Waals surface area contributed by atoms with Crippen molar-refractivity contribution in [1.29, 1.82) is 0 Å². The first-order valence-electron chi connectivity index (χ1n) is 7.88. The number of hydrogen-bond donors (Lipinski definition) is 6. The third-order valence-electron chi connectivity index (χ3n) is 4.37. The fourth-order valence-electron chi connectivity index (χ4n) is 2.99. The number of carbonyl (C=O) groups is 1. The highest BCUT2D eigenvalue weighted by molar-refractivity contribution is 5.98. The molecule has 0 aliphatic carbocycles. The summed E-state index contributed by atoms with van der Waals surface area (Å²) in [5.74, 6) is -0.664. The molecule has 1 fully saturated rings. The van der Waals surface area contributed by atoms with Crippen LogP contribution in [0.15, 0.2) is 12.5 Å². The Hall–Kier alpha value is -3.13. The van der Waals surface area contributed by atoms with Crippen LogP contribution in [-0.4, -0.2) is 75.9 Å². The van der Waals surface area contributed by atoms with Crippen molar-refractivity contribution in [3.63, 3.8) is 0 Å². The molecule has 0 saturated carbocycles. The van der Waals surface area contributed by atoms with Crippen LogP contribution in [0.3, 0.4) is 0 Å². The number of nitrogen functional groups attached to an aromatic ring is 1. The molecule has 8 N–H and O–H groups in total. The van der Waals surface area contributed by atoms with E-state index in [4.69, 9.17) is 16.2 Å². The second-order valence-electron chi connectivity index (χ2n) is 6.01. The number of rotatable bonds is 4. The third-order valence-corrected chi connectivity index (χ3v) is 4.37. The number of hydrogen-bond acceptors (Lipinski definition) is 10. The molecule has 0 bridgehead atoms. The number of imidazole rings is 1. The molecule has 27 heavy (non-hydrogen) atoms. The lowest BCUT2D eigenvalue weighted by Crippen LogP contribution is -2.33. The van der Waals surface area contributed by atoms with Gasteiger partial charge in [-0.15, -0.1) is 0 Å². The predicted octanol–water partition coefficient (Wildman–Crippen LogP) is -2.49. The maximum Gasteiger partial charge on any atom is 0.252 e. The number of aromatic nitrogens is 6. The summed E-state index contributed by atoms with van der Waals surface area (Å²) in [5, 5.41) is 35.8. The number of aliphatic hydroxyl groups is 3. The molecule has 13 nitrogen and oxygen atoms in total. The zero-order valence-corrected chi connectivity index (χ0v) is 13.7. The van der Waals surface area contributed by atoms with Gasteiger partial charge in [-0.25, -0.2) is 15.0 Å². The first-order chi connectivity index (χ1) is 12.9. The van der Waals surface area contributed by atoms with E-state index in [-0.39, 0.29) is 34.1 Å². The maximum absolute atomic E-state index is 11.5. The largest absolute Gasteiger partial charge is 0.394 e. The van der Waals surface area contributed by atoms with Crippen LogP contribution in [0.2, 0.25) is 0 Å². The monoisotopic (exact) mass is 376 g/mol. The Bertz CT molecular complexity index is 1020. The average Bonchev–Trinajstić information content (AvgIpc) is 3.34. The number of nitrogens with one attached hydrogen (secondary N) is 1. The van der Waals surface area contributed by atoms with Crippen molar-refractivity contribution in [1.82, 2.24) is 29.7 Å². The molecule has 1 aliphatic heterocycles. The Morgan fingerprint density at radius 1 is 1.33 bits per heavy atom. The van der Waals surface area contributed by atoms with Crippen molar-refractivity contribution in [2.24, 2.45) is 5.73 Å². The minimum absolute atomic E-state index is 0.0190. The number of ether oxygens (including phenoxy) is 1. The van der Waals surface area contributed by atoms with Crippen LogP contribution in [-0.2, 0) is 4.74 Å². The number of primary amides is 1. The van der Waals surface area contributed by atoms with Crippen molar-refractivity contribution in [2.75, 3.05) is 12.3 Å². The van der Waals surface area contributed by atoms with Gasteiger partial charge in [0.1, 0.15) is 29.5 Å². The minimum atomic E-state index is -1.33. The van der Waals surface area contributed by atoms with Crippen LogP contribution < -0.4 is 11.5 Å². The highest BCUT2D eigenvalue weighted by atomic mass is 16.6. The Labute approximate surface area is 150 Å². The zero-order chi connectivity index (χ0) is 19.3.